The van der Waals surface area contributed by atoms with Crippen molar-refractivity contribution >= 4 is 39.0 Å². The van der Waals surface area contributed by atoms with Gasteiger partial charge in [0.15, 0.2) is 0 Å². The highest BCUT2D eigenvalue weighted by Gasteiger charge is 2.20. The Hall–Kier alpha value is -5.86. The first-order valence-corrected chi connectivity index (χ1v) is 14.9. The molecule has 0 aliphatic heterocycles. The summed E-state index contributed by atoms with van der Waals surface area (Å²) in [6.45, 7) is 0. The first-order chi connectivity index (χ1) is 21.8. The molecule has 0 N–H and O–H groups in total. The summed E-state index contributed by atoms with van der Waals surface area (Å²) in [5.41, 5.74) is 12.2. The molecule has 0 unspecified atom stereocenters. The van der Waals surface area contributed by atoms with E-state index < -0.39 is 0 Å². The van der Waals surface area contributed by atoms with Crippen molar-refractivity contribution < 1.29 is 4.42 Å². The number of hydrogen-bond donors (Lipinski definition) is 0. The molecule has 0 saturated heterocycles. The van der Waals surface area contributed by atoms with Crippen molar-refractivity contribution in [3.63, 3.8) is 0 Å². The number of hydrogen-bond acceptors (Lipinski definition) is 2. The van der Waals surface area contributed by atoms with Gasteiger partial charge in [0.2, 0.25) is 0 Å². The zero-order valence-corrected chi connectivity index (χ0v) is 24.1. The molecule has 7 aromatic carbocycles. The number of furan rings is 1. The molecule has 0 aliphatic carbocycles. The second kappa shape index (κ2) is 11.1. The Morgan fingerprint density at radius 2 is 0.864 bits per heavy atom. The van der Waals surface area contributed by atoms with Crippen LogP contribution in [0.5, 0.6) is 0 Å². The van der Waals surface area contributed by atoms with Gasteiger partial charge >= 0.3 is 0 Å². The molecule has 0 saturated carbocycles. The molecule has 0 atom stereocenters. The molecule has 2 nitrogen and oxygen atoms in total. The monoisotopic (exact) mass is 563 g/mol. The molecule has 208 valence electrons. The SMILES string of the molecule is c1ccc(-c2ccccc2-c2ccccc2-c2ccccc2N(c2ccccc2)c2ccc3oc4ccccc4c3c2)cc1. The van der Waals surface area contributed by atoms with Crippen LogP contribution in [0.25, 0.3) is 55.3 Å². The van der Waals surface area contributed by atoms with E-state index in [-0.39, 0.29) is 0 Å². The van der Waals surface area contributed by atoms with Crippen LogP contribution in [0.3, 0.4) is 0 Å². The molecule has 44 heavy (non-hydrogen) atoms. The maximum atomic E-state index is 6.19. The van der Waals surface area contributed by atoms with Gasteiger partial charge in [-0.3, -0.25) is 0 Å². The van der Waals surface area contributed by atoms with Crippen LogP contribution in [-0.4, -0.2) is 0 Å². The van der Waals surface area contributed by atoms with Crippen molar-refractivity contribution in [2.24, 2.45) is 0 Å². The van der Waals surface area contributed by atoms with Crippen LogP contribution in [0, 0.1) is 0 Å². The Balaban J connectivity index is 1.35. The van der Waals surface area contributed by atoms with Gasteiger partial charge < -0.3 is 9.32 Å². The van der Waals surface area contributed by atoms with Crippen LogP contribution < -0.4 is 4.90 Å². The molecule has 1 aromatic heterocycles. The van der Waals surface area contributed by atoms with Gasteiger partial charge in [0.05, 0.1) is 5.69 Å². The van der Waals surface area contributed by atoms with Crippen molar-refractivity contribution in [1.82, 2.24) is 0 Å². The summed E-state index contributed by atoms with van der Waals surface area (Å²) in [4.78, 5) is 2.36. The quantitative estimate of drug-likeness (QED) is 0.200. The standard InChI is InChI=1S/C42H29NO/c1-3-15-30(16-4-1)33-19-7-8-20-34(33)35-21-9-10-22-36(35)37-23-11-13-25-40(37)43(31-17-5-2-6-18-31)32-27-28-42-39(29-32)38-24-12-14-26-41(38)44-42/h1-29H. The number of nitrogens with zero attached hydrogens (tertiary/aromatic N) is 1. The van der Waals surface area contributed by atoms with Gasteiger partial charge in [-0.25, -0.2) is 0 Å². The van der Waals surface area contributed by atoms with E-state index in [1.807, 2.05) is 12.1 Å². The highest BCUT2D eigenvalue weighted by molar-refractivity contribution is 6.07. The molecule has 0 radical (unpaired) electrons. The minimum Gasteiger partial charge on any atom is -0.456 e. The molecule has 1 heterocycles. The Bertz CT molecular complexity index is 2230. The number of fused-ring (bicyclic) bond motifs is 3. The predicted octanol–water partition coefficient (Wildman–Crippen LogP) is 12.1. The van der Waals surface area contributed by atoms with Crippen molar-refractivity contribution in [3.8, 4) is 33.4 Å². The average Bonchev–Trinajstić information content (AvgIpc) is 3.48. The molecule has 2 heteroatoms. The Morgan fingerprint density at radius 1 is 0.341 bits per heavy atom. The first-order valence-electron chi connectivity index (χ1n) is 14.9. The van der Waals surface area contributed by atoms with E-state index in [1.54, 1.807) is 0 Å². The van der Waals surface area contributed by atoms with Crippen molar-refractivity contribution in [2.45, 2.75) is 0 Å². The predicted molar refractivity (Wildman–Crippen MR) is 185 cm³/mol. The molecule has 0 aliphatic rings. The summed E-state index contributed by atoms with van der Waals surface area (Å²) in [5.74, 6) is 0. The van der Waals surface area contributed by atoms with Gasteiger partial charge in [-0.05, 0) is 70.3 Å². The lowest BCUT2D eigenvalue weighted by atomic mass is 9.88. The largest absolute Gasteiger partial charge is 0.456 e. The Kier molecular flexibility index (Phi) is 6.51. The molecular formula is C42H29NO. The summed E-state index contributed by atoms with van der Waals surface area (Å²) in [6.07, 6.45) is 0. The summed E-state index contributed by atoms with van der Waals surface area (Å²) in [7, 11) is 0. The third-order valence-corrected chi connectivity index (χ3v) is 8.30. The molecule has 0 amide bonds. The summed E-state index contributed by atoms with van der Waals surface area (Å²) in [6, 6.07) is 62.2. The number of benzene rings is 7. The van der Waals surface area contributed by atoms with Gasteiger partial charge in [-0.1, -0.05) is 133 Å². The molecular weight excluding hydrogens is 534 g/mol. The number of anilines is 3. The fraction of sp³-hybridized carbons (Fsp3) is 0. The van der Waals surface area contributed by atoms with Crippen LogP contribution in [0.2, 0.25) is 0 Å². The number of rotatable bonds is 6. The molecule has 0 fully saturated rings. The van der Waals surface area contributed by atoms with E-state index >= 15 is 0 Å². The van der Waals surface area contributed by atoms with Gasteiger partial charge in [0.25, 0.3) is 0 Å². The third-order valence-electron chi connectivity index (χ3n) is 8.30. The van der Waals surface area contributed by atoms with Crippen LogP contribution in [0.4, 0.5) is 17.1 Å². The maximum absolute atomic E-state index is 6.19. The number of para-hydroxylation sites is 3. The van der Waals surface area contributed by atoms with Crippen LogP contribution in [0.15, 0.2) is 180 Å². The van der Waals surface area contributed by atoms with E-state index in [9.17, 15) is 0 Å². The highest BCUT2D eigenvalue weighted by atomic mass is 16.3. The van der Waals surface area contributed by atoms with E-state index in [0.717, 1.165) is 44.6 Å². The second-order valence-electron chi connectivity index (χ2n) is 10.9. The molecule has 0 spiro atoms. The van der Waals surface area contributed by atoms with E-state index in [0.29, 0.717) is 0 Å². The Morgan fingerprint density at radius 3 is 1.61 bits per heavy atom. The van der Waals surface area contributed by atoms with Crippen LogP contribution >= 0.6 is 0 Å². The van der Waals surface area contributed by atoms with Crippen LogP contribution in [-0.2, 0) is 0 Å². The third kappa shape index (κ3) is 4.54. The zero-order chi connectivity index (χ0) is 29.3. The van der Waals surface area contributed by atoms with E-state index in [1.165, 1.54) is 27.8 Å². The van der Waals surface area contributed by atoms with Gasteiger partial charge in [-0.15, -0.1) is 0 Å². The van der Waals surface area contributed by atoms with Gasteiger partial charge in [-0.2, -0.15) is 0 Å². The smallest absolute Gasteiger partial charge is 0.135 e. The summed E-state index contributed by atoms with van der Waals surface area (Å²) < 4.78 is 6.19. The van der Waals surface area contributed by atoms with E-state index in [2.05, 4.69) is 169 Å². The van der Waals surface area contributed by atoms with Crippen molar-refractivity contribution in [2.75, 3.05) is 4.90 Å². The lowest BCUT2D eigenvalue weighted by Crippen LogP contribution is -2.11. The maximum Gasteiger partial charge on any atom is 0.135 e. The lowest BCUT2D eigenvalue weighted by Gasteiger charge is -2.28. The topological polar surface area (TPSA) is 16.4 Å². The van der Waals surface area contributed by atoms with Gasteiger partial charge in [0.1, 0.15) is 11.2 Å². The van der Waals surface area contributed by atoms with Crippen LogP contribution in [0.1, 0.15) is 0 Å². The van der Waals surface area contributed by atoms with E-state index in [4.69, 9.17) is 4.42 Å². The fourth-order valence-electron chi connectivity index (χ4n) is 6.29. The summed E-state index contributed by atoms with van der Waals surface area (Å²) in [5, 5.41) is 2.22. The average molecular weight is 564 g/mol. The molecule has 0 bridgehead atoms. The van der Waals surface area contributed by atoms with Crippen molar-refractivity contribution in [3.05, 3.63) is 176 Å². The minimum absolute atomic E-state index is 0.888. The minimum atomic E-state index is 0.888. The van der Waals surface area contributed by atoms with Crippen molar-refractivity contribution in [1.29, 1.82) is 0 Å². The molecule has 8 aromatic rings. The fourth-order valence-corrected chi connectivity index (χ4v) is 6.29. The summed E-state index contributed by atoms with van der Waals surface area (Å²) >= 11 is 0. The van der Waals surface area contributed by atoms with Gasteiger partial charge in [0, 0.05) is 27.7 Å². The molecule has 8 rings (SSSR count). The lowest BCUT2D eigenvalue weighted by molar-refractivity contribution is 0.669. The highest BCUT2D eigenvalue weighted by Crippen LogP contribution is 2.45. The normalized spacial score (nSPS) is 11.2. The second-order valence-corrected chi connectivity index (χ2v) is 10.9. The Labute approximate surface area is 257 Å². The zero-order valence-electron chi connectivity index (χ0n) is 24.1. The first kappa shape index (κ1) is 25.8.